The minimum Gasteiger partial charge on any atom is -0.480 e. The van der Waals surface area contributed by atoms with Gasteiger partial charge >= 0.3 is 5.97 Å². The number of hydrogen-bond donors (Lipinski definition) is 1. The van der Waals surface area contributed by atoms with Crippen LogP contribution >= 0.6 is 0 Å². The van der Waals surface area contributed by atoms with Crippen LogP contribution in [-0.2, 0) is 4.79 Å². The number of pyridine rings is 1. The van der Waals surface area contributed by atoms with Gasteiger partial charge in [0.25, 0.3) is 0 Å². The molecular formula is C19H20N2O3. The van der Waals surface area contributed by atoms with E-state index in [1.165, 1.54) is 5.56 Å². The number of hydrogen-bond acceptors (Lipinski definition) is 4. The Hall–Kier alpha value is -2.53. The number of carboxylic acid groups (broad SMARTS) is 1. The molecule has 1 N–H and O–H groups in total. The maximum Gasteiger partial charge on any atom is 0.317 e. The van der Waals surface area contributed by atoms with Gasteiger partial charge < -0.3 is 5.11 Å². The second kappa shape index (κ2) is 6.93. The third kappa shape index (κ3) is 3.68. The molecule has 124 valence electrons. The van der Waals surface area contributed by atoms with Gasteiger partial charge in [0.15, 0.2) is 5.78 Å². The van der Waals surface area contributed by atoms with Gasteiger partial charge in [0.2, 0.25) is 0 Å². The molecule has 0 radical (unpaired) electrons. The molecule has 3 rings (SSSR count). The summed E-state index contributed by atoms with van der Waals surface area (Å²) in [6.45, 7) is 3.20. The summed E-state index contributed by atoms with van der Waals surface area (Å²) < 4.78 is 0. The van der Waals surface area contributed by atoms with Gasteiger partial charge in [-0.25, -0.2) is 0 Å². The highest BCUT2D eigenvalue weighted by Crippen LogP contribution is 2.29. The van der Waals surface area contributed by atoms with Crippen molar-refractivity contribution in [2.75, 3.05) is 19.6 Å². The fraction of sp³-hybridized carbons (Fsp3) is 0.316. The minimum absolute atomic E-state index is 0.0353. The lowest BCUT2D eigenvalue weighted by atomic mass is 9.97. The van der Waals surface area contributed by atoms with Gasteiger partial charge in [0.1, 0.15) is 0 Å². The first-order valence-electron chi connectivity index (χ1n) is 8.04. The van der Waals surface area contributed by atoms with E-state index in [1.807, 2.05) is 35.2 Å². The van der Waals surface area contributed by atoms with E-state index in [0.29, 0.717) is 11.5 Å². The van der Waals surface area contributed by atoms with Gasteiger partial charge in [-0.3, -0.25) is 19.5 Å². The lowest BCUT2D eigenvalue weighted by molar-refractivity contribution is -0.138. The molecule has 0 amide bonds. The highest BCUT2D eigenvalue weighted by molar-refractivity contribution is 5.95. The maximum absolute atomic E-state index is 11.6. The molecule has 1 atom stereocenters. The molecule has 0 spiro atoms. The topological polar surface area (TPSA) is 70.5 Å². The monoisotopic (exact) mass is 324 g/mol. The Labute approximate surface area is 140 Å². The fourth-order valence-corrected chi connectivity index (χ4v) is 3.20. The van der Waals surface area contributed by atoms with E-state index in [0.717, 1.165) is 30.8 Å². The Bertz CT molecular complexity index is 773. The van der Waals surface area contributed by atoms with Crippen LogP contribution in [0.3, 0.4) is 0 Å². The molecule has 1 aliphatic rings. The van der Waals surface area contributed by atoms with Crippen molar-refractivity contribution in [3.8, 4) is 11.3 Å². The summed E-state index contributed by atoms with van der Waals surface area (Å²) in [4.78, 5) is 28.8. The van der Waals surface area contributed by atoms with Crippen molar-refractivity contribution in [2.45, 2.75) is 19.3 Å². The van der Waals surface area contributed by atoms with Crippen molar-refractivity contribution >= 4 is 11.8 Å². The van der Waals surface area contributed by atoms with Crippen molar-refractivity contribution in [1.82, 2.24) is 9.88 Å². The average Bonchev–Trinajstić information content (AvgIpc) is 3.03. The summed E-state index contributed by atoms with van der Waals surface area (Å²) in [5.41, 5.74) is 3.60. The SMILES string of the molecule is CC(=O)c1cccc(-c2cc([C@H]3CCN(CC(=O)O)C3)ccn2)c1. The number of benzene rings is 1. The molecule has 1 aromatic carbocycles. The van der Waals surface area contributed by atoms with Gasteiger partial charge in [-0.15, -0.1) is 0 Å². The third-order valence-electron chi connectivity index (χ3n) is 4.45. The Morgan fingerprint density at radius 1 is 1.29 bits per heavy atom. The fourth-order valence-electron chi connectivity index (χ4n) is 3.20. The number of carbonyl (C=O) groups excluding carboxylic acids is 1. The lowest BCUT2D eigenvalue weighted by Crippen LogP contribution is -2.27. The highest BCUT2D eigenvalue weighted by Gasteiger charge is 2.25. The zero-order valence-electron chi connectivity index (χ0n) is 13.6. The molecule has 5 nitrogen and oxygen atoms in total. The van der Waals surface area contributed by atoms with E-state index < -0.39 is 5.97 Å². The third-order valence-corrected chi connectivity index (χ3v) is 4.45. The minimum atomic E-state index is -0.785. The molecule has 5 heteroatoms. The quantitative estimate of drug-likeness (QED) is 0.856. The van der Waals surface area contributed by atoms with E-state index in [9.17, 15) is 9.59 Å². The van der Waals surface area contributed by atoms with Crippen LogP contribution in [0.4, 0.5) is 0 Å². The molecule has 2 aromatic rings. The van der Waals surface area contributed by atoms with Gasteiger partial charge in [-0.05, 0) is 49.6 Å². The Balaban J connectivity index is 1.81. The van der Waals surface area contributed by atoms with Crippen LogP contribution in [-0.4, -0.2) is 46.4 Å². The van der Waals surface area contributed by atoms with E-state index >= 15 is 0 Å². The number of carboxylic acids is 1. The number of ketones is 1. The first kappa shape index (κ1) is 16.3. The molecule has 0 bridgehead atoms. The van der Waals surface area contributed by atoms with E-state index in [2.05, 4.69) is 4.98 Å². The standard InChI is InChI=1S/C19H20N2O3/c1-13(22)14-3-2-4-16(9-14)18-10-15(5-7-20-18)17-6-8-21(11-17)12-19(23)24/h2-5,7,9-10,17H,6,8,11-12H2,1H3,(H,23,24)/t17-/m0/s1. The van der Waals surface area contributed by atoms with Gasteiger partial charge in [-0.1, -0.05) is 18.2 Å². The van der Waals surface area contributed by atoms with E-state index in [1.54, 1.807) is 19.2 Å². The number of aromatic nitrogens is 1. The maximum atomic E-state index is 11.6. The summed E-state index contributed by atoms with van der Waals surface area (Å²) in [6, 6.07) is 11.5. The normalized spacial score (nSPS) is 17.8. The van der Waals surface area contributed by atoms with Crippen molar-refractivity contribution < 1.29 is 14.7 Å². The predicted octanol–water partition coefficient (Wildman–Crippen LogP) is 2.83. The molecule has 1 saturated heterocycles. The van der Waals surface area contributed by atoms with Crippen LogP contribution in [0.1, 0.15) is 35.2 Å². The van der Waals surface area contributed by atoms with E-state index in [-0.39, 0.29) is 12.3 Å². The van der Waals surface area contributed by atoms with Gasteiger partial charge in [0.05, 0.1) is 12.2 Å². The molecule has 24 heavy (non-hydrogen) atoms. The van der Waals surface area contributed by atoms with E-state index in [4.69, 9.17) is 5.11 Å². The van der Waals surface area contributed by atoms with Gasteiger partial charge in [-0.2, -0.15) is 0 Å². The molecule has 0 saturated carbocycles. The molecular weight excluding hydrogens is 304 g/mol. The summed E-state index contributed by atoms with van der Waals surface area (Å²) in [5, 5.41) is 8.92. The second-order valence-electron chi connectivity index (χ2n) is 6.23. The summed E-state index contributed by atoms with van der Waals surface area (Å²) >= 11 is 0. The Morgan fingerprint density at radius 3 is 2.88 bits per heavy atom. The van der Waals surface area contributed by atoms with Crippen LogP contribution in [0.15, 0.2) is 42.6 Å². The zero-order chi connectivity index (χ0) is 17.1. The van der Waals surface area contributed by atoms with Crippen LogP contribution < -0.4 is 0 Å². The molecule has 2 heterocycles. The highest BCUT2D eigenvalue weighted by atomic mass is 16.4. The van der Waals surface area contributed by atoms with Crippen molar-refractivity contribution in [2.24, 2.45) is 0 Å². The second-order valence-corrected chi connectivity index (χ2v) is 6.23. The van der Waals surface area contributed by atoms with Crippen molar-refractivity contribution in [3.05, 3.63) is 53.7 Å². The molecule has 1 aliphatic heterocycles. The van der Waals surface area contributed by atoms with Crippen LogP contribution in [0.25, 0.3) is 11.3 Å². The first-order chi connectivity index (χ1) is 11.5. The molecule has 1 aromatic heterocycles. The van der Waals surface area contributed by atoms with Crippen molar-refractivity contribution in [3.63, 3.8) is 0 Å². The number of rotatable bonds is 5. The smallest absolute Gasteiger partial charge is 0.317 e. The van der Waals surface area contributed by atoms with Crippen LogP contribution in [0, 0.1) is 0 Å². The van der Waals surface area contributed by atoms with Crippen molar-refractivity contribution in [1.29, 1.82) is 0 Å². The predicted molar refractivity (Wildman–Crippen MR) is 91.1 cm³/mol. The number of carbonyl (C=O) groups is 2. The molecule has 1 fully saturated rings. The summed E-state index contributed by atoms with van der Waals surface area (Å²) in [6.07, 6.45) is 2.73. The summed E-state index contributed by atoms with van der Waals surface area (Å²) in [5.74, 6) is -0.428. The van der Waals surface area contributed by atoms with Crippen LogP contribution in [0.2, 0.25) is 0 Å². The largest absolute Gasteiger partial charge is 0.480 e. The first-order valence-corrected chi connectivity index (χ1v) is 8.04. The average molecular weight is 324 g/mol. The number of likely N-dealkylation sites (tertiary alicyclic amines) is 1. The molecule has 0 unspecified atom stereocenters. The summed E-state index contributed by atoms with van der Waals surface area (Å²) in [7, 11) is 0. The number of nitrogens with zero attached hydrogens (tertiary/aromatic N) is 2. The van der Waals surface area contributed by atoms with Crippen LogP contribution in [0.5, 0.6) is 0 Å². The Morgan fingerprint density at radius 2 is 2.12 bits per heavy atom. The van der Waals surface area contributed by atoms with Gasteiger partial charge in [0, 0.05) is 23.9 Å². The number of aliphatic carboxylic acids is 1. The number of Topliss-reactive ketones (excluding diaryl/α,β-unsaturated/α-hetero) is 1. The Kier molecular flexibility index (Phi) is 4.71. The lowest BCUT2D eigenvalue weighted by Gasteiger charge is -2.14. The molecule has 0 aliphatic carbocycles. The zero-order valence-corrected chi connectivity index (χ0v) is 13.6.